The molecule has 0 radical (unpaired) electrons. The van der Waals surface area contributed by atoms with E-state index < -0.39 is 0 Å². The highest BCUT2D eigenvalue weighted by Crippen LogP contribution is 2.22. The first-order valence-electron chi connectivity index (χ1n) is 10.1. The summed E-state index contributed by atoms with van der Waals surface area (Å²) >= 11 is 0. The Bertz CT molecular complexity index is 886. The molecule has 3 aromatic rings. The Morgan fingerprint density at radius 1 is 1.04 bits per heavy atom. The second-order valence-corrected chi connectivity index (χ2v) is 7.55. The normalized spacial score (nSPS) is 17.7. The van der Waals surface area contributed by atoms with E-state index in [1.807, 2.05) is 17.1 Å². The van der Waals surface area contributed by atoms with Crippen LogP contribution >= 0.6 is 0 Å². The largest absolute Gasteiger partial charge is 0.369 e. The van der Waals surface area contributed by atoms with Crippen LogP contribution in [0.5, 0.6) is 0 Å². The van der Waals surface area contributed by atoms with Gasteiger partial charge in [0, 0.05) is 44.1 Å². The fourth-order valence-electron chi connectivity index (χ4n) is 3.62. The van der Waals surface area contributed by atoms with Crippen molar-refractivity contribution in [2.75, 3.05) is 19.7 Å². The maximum atomic E-state index is 6.00. The van der Waals surface area contributed by atoms with Crippen molar-refractivity contribution in [3.8, 4) is 0 Å². The fourth-order valence-corrected chi connectivity index (χ4v) is 3.62. The van der Waals surface area contributed by atoms with Crippen LogP contribution in [-0.4, -0.2) is 39.4 Å². The summed E-state index contributed by atoms with van der Waals surface area (Å²) in [6.45, 7) is 8.58. The molecule has 5 heteroatoms. The second kappa shape index (κ2) is 8.67. The highest BCUT2D eigenvalue weighted by atomic mass is 16.5. The molecule has 0 unspecified atom stereocenters. The first kappa shape index (κ1) is 18.8. The van der Waals surface area contributed by atoms with Crippen LogP contribution in [0.4, 0.5) is 0 Å². The molecular weight excluding hydrogens is 348 g/mol. The lowest BCUT2D eigenvalue weighted by Crippen LogP contribution is -2.38. The molecule has 1 fully saturated rings. The minimum Gasteiger partial charge on any atom is -0.369 e. The quantitative estimate of drug-likeness (QED) is 0.657. The zero-order chi connectivity index (χ0) is 19.3. The third-order valence-corrected chi connectivity index (χ3v) is 5.27. The van der Waals surface area contributed by atoms with Crippen molar-refractivity contribution in [1.82, 2.24) is 19.7 Å². The summed E-state index contributed by atoms with van der Waals surface area (Å²) in [4.78, 5) is 7.13. The number of benzene rings is 1. The first-order valence-corrected chi connectivity index (χ1v) is 10.1. The smallest absolute Gasteiger partial charge is 0.112 e. The molecule has 2 aromatic heterocycles. The van der Waals surface area contributed by atoms with Gasteiger partial charge in [-0.05, 0) is 37.5 Å². The minimum atomic E-state index is 0.0309. The van der Waals surface area contributed by atoms with E-state index in [1.54, 1.807) is 0 Å². The summed E-state index contributed by atoms with van der Waals surface area (Å²) in [6.07, 6.45) is 7.02. The van der Waals surface area contributed by atoms with Crippen molar-refractivity contribution in [3.05, 3.63) is 82.9 Å². The molecule has 0 spiro atoms. The highest BCUT2D eigenvalue weighted by Gasteiger charge is 2.23. The molecule has 0 amide bonds. The molecule has 1 aliphatic rings. The summed E-state index contributed by atoms with van der Waals surface area (Å²) in [7, 11) is 0. The Labute approximate surface area is 167 Å². The van der Waals surface area contributed by atoms with Crippen LogP contribution < -0.4 is 0 Å². The van der Waals surface area contributed by atoms with Crippen molar-refractivity contribution < 1.29 is 4.74 Å². The van der Waals surface area contributed by atoms with Crippen molar-refractivity contribution in [1.29, 1.82) is 0 Å². The molecule has 0 aliphatic carbocycles. The predicted octanol–water partition coefficient (Wildman–Crippen LogP) is 3.77. The molecule has 0 bridgehead atoms. The Hall–Kier alpha value is -2.50. The van der Waals surface area contributed by atoms with E-state index in [1.165, 1.54) is 22.3 Å². The van der Waals surface area contributed by atoms with Gasteiger partial charge < -0.3 is 4.74 Å². The van der Waals surface area contributed by atoms with Gasteiger partial charge in [-0.2, -0.15) is 5.10 Å². The van der Waals surface area contributed by atoms with E-state index in [-0.39, 0.29) is 6.10 Å². The van der Waals surface area contributed by atoms with Gasteiger partial charge in [0.25, 0.3) is 0 Å². The molecule has 146 valence electrons. The van der Waals surface area contributed by atoms with Crippen LogP contribution in [-0.2, 0) is 24.2 Å². The highest BCUT2D eigenvalue weighted by molar-refractivity contribution is 5.28. The summed E-state index contributed by atoms with van der Waals surface area (Å²) in [6, 6.07) is 13.0. The first-order chi connectivity index (χ1) is 13.7. The number of aryl methyl sites for hydroxylation is 2. The van der Waals surface area contributed by atoms with Crippen LogP contribution in [0.2, 0.25) is 0 Å². The summed E-state index contributed by atoms with van der Waals surface area (Å²) in [5.41, 5.74) is 6.10. The number of hydrogen-bond acceptors (Lipinski definition) is 4. The van der Waals surface area contributed by atoms with Gasteiger partial charge in [0.1, 0.15) is 6.10 Å². The molecule has 5 nitrogen and oxygen atoms in total. The monoisotopic (exact) mass is 376 g/mol. The average molecular weight is 377 g/mol. The van der Waals surface area contributed by atoms with Crippen LogP contribution in [0.25, 0.3) is 0 Å². The van der Waals surface area contributed by atoms with Gasteiger partial charge in [-0.1, -0.05) is 35.9 Å². The van der Waals surface area contributed by atoms with Gasteiger partial charge in [0.05, 0.1) is 18.5 Å². The maximum Gasteiger partial charge on any atom is 0.112 e. The second-order valence-electron chi connectivity index (χ2n) is 7.55. The van der Waals surface area contributed by atoms with Gasteiger partial charge in [-0.15, -0.1) is 0 Å². The summed E-state index contributed by atoms with van der Waals surface area (Å²) < 4.78 is 7.98. The van der Waals surface area contributed by atoms with E-state index >= 15 is 0 Å². The van der Waals surface area contributed by atoms with Crippen LogP contribution in [0, 0.1) is 6.92 Å². The Morgan fingerprint density at radius 2 is 1.86 bits per heavy atom. The molecule has 1 aromatic carbocycles. The Balaban J connectivity index is 1.37. The maximum absolute atomic E-state index is 6.00. The summed E-state index contributed by atoms with van der Waals surface area (Å²) in [5.74, 6) is 0. The number of aromatic nitrogens is 3. The number of nitrogens with zero attached hydrogens (tertiary/aromatic N) is 4. The van der Waals surface area contributed by atoms with Crippen LogP contribution in [0.15, 0.2) is 55.0 Å². The molecule has 0 N–H and O–H groups in total. The number of rotatable bonds is 6. The third-order valence-electron chi connectivity index (χ3n) is 5.27. The van der Waals surface area contributed by atoms with Crippen molar-refractivity contribution >= 4 is 0 Å². The molecule has 28 heavy (non-hydrogen) atoms. The van der Waals surface area contributed by atoms with Gasteiger partial charge in [0.2, 0.25) is 0 Å². The van der Waals surface area contributed by atoms with Crippen LogP contribution in [0.1, 0.15) is 41.0 Å². The Kier molecular flexibility index (Phi) is 5.84. The van der Waals surface area contributed by atoms with Crippen molar-refractivity contribution in [2.45, 2.75) is 39.5 Å². The SMILES string of the molecule is CCn1cc(CN2CCO[C@@H](c3ccc(Cc4ccc(C)cc4)cn3)C2)cn1. The number of morpholine rings is 1. The fraction of sp³-hybridized carbons (Fsp3) is 0.391. The molecule has 1 aliphatic heterocycles. The zero-order valence-corrected chi connectivity index (χ0v) is 16.7. The minimum absolute atomic E-state index is 0.0309. The standard InChI is InChI=1S/C23H28N4O/c1-3-27-16-21(14-25-27)15-26-10-11-28-23(17-26)22-9-8-20(13-24-22)12-19-6-4-18(2)5-7-19/h4-9,13-14,16,23H,3,10-12,15,17H2,1-2H3/t23-/m1/s1. The van der Waals surface area contributed by atoms with Crippen molar-refractivity contribution in [2.24, 2.45) is 0 Å². The van der Waals surface area contributed by atoms with E-state index in [4.69, 9.17) is 9.72 Å². The molecule has 1 atom stereocenters. The van der Waals surface area contributed by atoms with Crippen molar-refractivity contribution in [3.63, 3.8) is 0 Å². The predicted molar refractivity (Wildman–Crippen MR) is 110 cm³/mol. The molecule has 0 saturated carbocycles. The van der Waals surface area contributed by atoms with E-state index in [0.717, 1.165) is 44.9 Å². The Morgan fingerprint density at radius 3 is 2.57 bits per heavy atom. The van der Waals surface area contributed by atoms with E-state index in [0.29, 0.717) is 0 Å². The zero-order valence-electron chi connectivity index (χ0n) is 16.7. The van der Waals surface area contributed by atoms with Crippen LogP contribution in [0.3, 0.4) is 0 Å². The topological polar surface area (TPSA) is 43.2 Å². The van der Waals surface area contributed by atoms with Gasteiger partial charge in [0.15, 0.2) is 0 Å². The average Bonchev–Trinajstić information content (AvgIpc) is 3.18. The van der Waals surface area contributed by atoms with Gasteiger partial charge in [-0.25, -0.2) is 0 Å². The van der Waals surface area contributed by atoms with Gasteiger partial charge in [-0.3, -0.25) is 14.6 Å². The number of ether oxygens (including phenoxy) is 1. The van der Waals surface area contributed by atoms with Gasteiger partial charge >= 0.3 is 0 Å². The lowest BCUT2D eigenvalue weighted by atomic mass is 10.0. The molecule has 1 saturated heterocycles. The molecular formula is C23H28N4O. The molecule has 3 heterocycles. The van der Waals surface area contributed by atoms with E-state index in [2.05, 4.69) is 66.4 Å². The number of pyridine rings is 1. The molecule has 4 rings (SSSR count). The summed E-state index contributed by atoms with van der Waals surface area (Å²) in [5, 5.41) is 4.37. The lowest BCUT2D eigenvalue weighted by molar-refractivity contribution is -0.0350. The van der Waals surface area contributed by atoms with E-state index in [9.17, 15) is 0 Å². The number of hydrogen-bond donors (Lipinski definition) is 0. The lowest BCUT2D eigenvalue weighted by Gasteiger charge is -2.32. The third kappa shape index (κ3) is 4.66.